The Hall–Kier alpha value is -1.70. The monoisotopic (exact) mass is 308 g/mol. The molecule has 0 aliphatic rings. The molecule has 6 nitrogen and oxygen atoms in total. The van der Waals surface area contributed by atoms with Gasteiger partial charge in [0.25, 0.3) is 0 Å². The fourth-order valence-electron chi connectivity index (χ4n) is 2.02. The second kappa shape index (κ2) is 6.84. The van der Waals surface area contributed by atoms with E-state index in [0.717, 1.165) is 11.3 Å². The van der Waals surface area contributed by atoms with Gasteiger partial charge in [0, 0.05) is 32.8 Å². The first-order valence-corrected chi connectivity index (χ1v) is 8.21. The van der Waals surface area contributed by atoms with Gasteiger partial charge >= 0.3 is 0 Å². The van der Waals surface area contributed by atoms with Crippen molar-refractivity contribution in [2.24, 2.45) is 7.05 Å². The van der Waals surface area contributed by atoms with Crippen LogP contribution in [-0.4, -0.2) is 31.8 Å². The van der Waals surface area contributed by atoms with E-state index in [1.807, 2.05) is 32.4 Å². The molecule has 0 bridgehead atoms. The standard InChI is InChI=1S/C14H20N4O2S/c1-15-11-12-4-3-5-14(10-12)21(19,20)16-8-6-13-7-9-18(2)17-13/h3-5,7,9-10,15-16H,6,8,11H2,1-2H3. The lowest BCUT2D eigenvalue weighted by Gasteiger charge is -2.08. The first-order chi connectivity index (χ1) is 10.0. The molecule has 114 valence electrons. The molecule has 7 heteroatoms. The van der Waals surface area contributed by atoms with Crippen molar-refractivity contribution < 1.29 is 8.42 Å². The molecule has 1 aromatic heterocycles. The van der Waals surface area contributed by atoms with Crippen LogP contribution >= 0.6 is 0 Å². The van der Waals surface area contributed by atoms with Crippen LogP contribution in [0.15, 0.2) is 41.4 Å². The topological polar surface area (TPSA) is 76.0 Å². The van der Waals surface area contributed by atoms with Crippen LogP contribution in [0, 0.1) is 0 Å². The molecular formula is C14H20N4O2S. The zero-order chi connectivity index (χ0) is 15.3. The van der Waals surface area contributed by atoms with Gasteiger partial charge in [-0.1, -0.05) is 12.1 Å². The van der Waals surface area contributed by atoms with Crippen LogP contribution in [-0.2, 0) is 30.0 Å². The Morgan fingerprint density at radius 3 is 2.76 bits per heavy atom. The molecule has 0 atom stereocenters. The van der Waals surface area contributed by atoms with Crippen molar-refractivity contribution >= 4 is 10.0 Å². The third-order valence-electron chi connectivity index (χ3n) is 3.03. The maximum Gasteiger partial charge on any atom is 0.240 e. The van der Waals surface area contributed by atoms with Gasteiger partial charge in [-0.2, -0.15) is 5.10 Å². The molecule has 21 heavy (non-hydrogen) atoms. The number of sulfonamides is 1. The van der Waals surface area contributed by atoms with Gasteiger partial charge in [-0.25, -0.2) is 13.1 Å². The number of aromatic nitrogens is 2. The van der Waals surface area contributed by atoms with Crippen molar-refractivity contribution in [3.05, 3.63) is 47.8 Å². The quantitative estimate of drug-likeness (QED) is 0.788. The van der Waals surface area contributed by atoms with Crippen molar-refractivity contribution in [2.45, 2.75) is 17.9 Å². The van der Waals surface area contributed by atoms with Crippen LogP contribution in [0.5, 0.6) is 0 Å². The van der Waals surface area contributed by atoms with E-state index in [9.17, 15) is 8.42 Å². The van der Waals surface area contributed by atoms with Gasteiger partial charge in [-0.05, 0) is 30.8 Å². The van der Waals surface area contributed by atoms with Crippen LogP contribution in [0.1, 0.15) is 11.3 Å². The summed E-state index contributed by atoms with van der Waals surface area (Å²) in [6.07, 6.45) is 2.40. The Balaban J connectivity index is 1.99. The molecule has 0 unspecified atom stereocenters. The Bertz CT molecular complexity index is 695. The first kappa shape index (κ1) is 15.7. The van der Waals surface area contributed by atoms with Crippen LogP contribution < -0.4 is 10.0 Å². The normalized spacial score (nSPS) is 11.7. The van der Waals surface area contributed by atoms with E-state index in [2.05, 4.69) is 15.1 Å². The molecule has 0 spiro atoms. The second-order valence-corrected chi connectivity index (χ2v) is 6.57. The fraction of sp³-hybridized carbons (Fsp3) is 0.357. The van der Waals surface area contributed by atoms with Crippen LogP contribution in [0.4, 0.5) is 0 Å². The van der Waals surface area contributed by atoms with E-state index in [-0.39, 0.29) is 4.90 Å². The molecule has 0 aliphatic heterocycles. The predicted octanol–water partition coefficient (Wildman–Crippen LogP) is 0.660. The third kappa shape index (κ3) is 4.38. The summed E-state index contributed by atoms with van der Waals surface area (Å²) in [7, 11) is 0.183. The number of nitrogens with one attached hydrogen (secondary N) is 2. The third-order valence-corrected chi connectivity index (χ3v) is 4.49. The van der Waals surface area contributed by atoms with Gasteiger partial charge in [0.1, 0.15) is 0 Å². The van der Waals surface area contributed by atoms with E-state index in [0.29, 0.717) is 19.5 Å². The van der Waals surface area contributed by atoms with Crippen LogP contribution in [0.3, 0.4) is 0 Å². The maximum atomic E-state index is 12.2. The van der Waals surface area contributed by atoms with Gasteiger partial charge in [0.15, 0.2) is 0 Å². The molecule has 0 amide bonds. The average molecular weight is 308 g/mol. The second-order valence-electron chi connectivity index (χ2n) is 4.81. The summed E-state index contributed by atoms with van der Waals surface area (Å²) in [5.41, 5.74) is 1.80. The molecule has 0 saturated carbocycles. The summed E-state index contributed by atoms with van der Waals surface area (Å²) in [6, 6.07) is 8.80. The number of rotatable bonds is 7. The lowest BCUT2D eigenvalue weighted by atomic mass is 10.2. The molecule has 2 aromatic rings. The Labute approximate surface area is 125 Å². The Morgan fingerprint density at radius 1 is 1.29 bits per heavy atom. The SMILES string of the molecule is CNCc1cccc(S(=O)(=O)NCCc2ccn(C)n2)c1. The van der Waals surface area contributed by atoms with Gasteiger partial charge in [-0.3, -0.25) is 4.68 Å². The highest BCUT2D eigenvalue weighted by Gasteiger charge is 2.13. The van der Waals surface area contributed by atoms with Crippen molar-refractivity contribution in [2.75, 3.05) is 13.6 Å². The molecule has 0 aliphatic carbocycles. The fourth-order valence-corrected chi connectivity index (χ4v) is 3.12. The van der Waals surface area contributed by atoms with E-state index >= 15 is 0 Å². The van der Waals surface area contributed by atoms with Gasteiger partial charge in [-0.15, -0.1) is 0 Å². The number of nitrogens with zero attached hydrogens (tertiary/aromatic N) is 2. The van der Waals surface area contributed by atoms with Crippen LogP contribution in [0.25, 0.3) is 0 Å². The van der Waals surface area contributed by atoms with Crippen molar-refractivity contribution in [1.29, 1.82) is 0 Å². The zero-order valence-electron chi connectivity index (χ0n) is 12.2. The van der Waals surface area contributed by atoms with Gasteiger partial charge < -0.3 is 5.32 Å². The zero-order valence-corrected chi connectivity index (χ0v) is 13.0. The number of benzene rings is 1. The lowest BCUT2D eigenvalue weighted by molar-refractivity contribution is 0.580. The minimum absolute atomic E-state index is 0.288. The van der Waals surface area contributed by atoms with Crippen molar-refractivity contribution in [3.8, 4) is 0 Å². The molecule has 0 fully saturated rings. The highest BCUT2D eigenvalue weighted by atomic mass is 32.2. The molecule has 0 radical (unpaired) electrons. The smallest absolute Gasteiger partial charge is 0.240 e. The van der Waals surface area contributed by atoms with Crippen molar-refractivity contribution in [3.63, 3.8) is 0 Å². The summed E-state index contributed by atoms with van der Waals surface area (Å²) in [5.74, 6) is 0. The Morgan fingerprint density at radius 2 is 2.10 bits per heavy atom. The lowest BCUT2D eigenvalue weighted by Crippen LogP contribution is -2.26. The van der Waals surface area contributed by atoms with Crippen LogP contribution in [0.2, 0.25) is 0 Å². The van der Waals surface area contributed by atoms with Gasteiger partial charge in [0.2, 0.25) is 10.0 Å². The van der Waals surface area contributed by atoms with E-state index in [1.54, 1.807) is 22.9 Å². The summed E-state index contributed by atoms with van der Waals surface area (Å²) >= 11 is 0. The van der Waals surface area contributed by atoms with E-state index in [4.69, 9.17) is 0 Å². The number of hydrogen-bond acceptors (Lipinski definition) is 4. The molecular weight excluding hydrogens is 288 g/mol. The Kier molecular flexibility index (Phi) is 5.11. The molecule has 2 rings (SSSR count). The van der Waals surface area contributed by atoms with E-state index in [1.165, 1.54) is 0 Å². The molecule has 1 heterocycles. The average Bonchev–Trinajstić information content (AvgIpc) is 2.85. The summed E-state index contributed by atoms with van der Waals surface area (Å²) in [5, 5.41) is 7.22. The van der Waals surface area contributed by atoms with Crippen molar-refractivity contribution in [1.82, 2.24) is 19.8 Å². The maximum absolute atomic E-state index is 12.2. The molecule has 2 N–H and O–H groups in total. The molecule has 1 aromatic carbocycles. The summed E-state index contributed by atoms with van der Waals surface area (Å²) < 4.78 is 28.8. The largest absolute Gasteiger partial charge is 0.316 e. The summed E-state index contributed by atoms with van der Waals surface area (Å²) in [4.78, 5) is 0.288. The van der Waals surface area contributed by atoms with Gasteiger partial charge in [0.05, 0.1) is 10.6 Å². The molecule has 0 saturated heterocycles. The number of hydrogen-bond donors (Lipinski definition) is 2. The number of aryl methyl sites for hydroxylation is 1. The highest BCUT2D eigenvalue weighted by Crippen LogP contribution is 2.11. The predicted molar refractivity (Wildman–Crippen MR) is 81.3 cm³/mol. The minimum Gasteiger partial charge on any atom is -0.316 e. The van der Waals surface area contributed by atoms with E-state index < -0.39 is 10.0 Å². The highest BCUT2D eigenvalue weighted by molar-refractivity contribution is 7.89. The summed E-state index contributed by atoms with van der Waals surface area (Å²) in [6.45, 7) is 0.965. The minimum atomic E-state index is -3.48. The first-order valence-electron chi connectivity index (χ1n) is 6.73.